The Balaban J connectivity index is 2.16. The highest BCUT2D eigenvalue weighted by Crippen LogP contribution is 2.37. The zero-order valence-corrected chi connectivity index (χ0v) is 13.5. The Morgan fingerprint density at radius 1 is 1.47 bits per heavy atom. The van der Waals surface area contributed by atoms with Crippen LogP contribution in [0.5, 0.6) is 0 Å². The quantitative estimate of drug-likeness (QED) is 0.858. The molecule has 0 amide bonds. The molecule has 0 bridgehead atoms. The number of hydrogen-bond donors (Lipinski definition) is 1. The maximum atomic E-state index is 6.41. The van der Waals surface area contributed by atoms with Gasteiger partial charge in [0.05, 0.1) is 5.02 Å². The van der Waals surface area contributed by atoms with Crippen LogP contribution in [-0.2, 0) is 0 Å². The number of benzene rings is 1. The van der Waals surface area contributed by atoms with E-state index in [0.717, 1.165) is 24.5 Å². The van der Waals surface area contributed by atoms with Crippen molar-refractivity contribution in [3.63, 3.8) is 0 Å². The standard InChI is InChI=1S/C15H23ClN2S/c1-10(2)19-15-5-4-12(7-13(15)16)14-6-11(8-17)9-18(14)3/h4-5,7,10-11,14H,6,8-9,17H2,1-3H3. The van der Waals surface area contributed by atoms with Gasteiger partial charge in [-0.3, -0.25) is 4.90 Å². The predicted octanol–water partition coefficient (Wildman–Crippen LogP) is 3.79. The maximum Gasteiger partial charge on any atom is 0.0545 e. The fourth-order valence-corrected chi connectivity index (χ4v) is 3.89. The second-order valence-electron chi connectivity index (χ2n) is 5.65. The van der Waals surface area contributed by atoms with Crippen molar-refractivity contribution in [2.75, 3.05) is 20.1 Å². The molecule has 1 aliphatic rings. The maximum absolute atomic E-state index is 6.41. The molecule has 1 fully saturated rings. The molecular formula is C15H23ClN2S. The zero-order chi connectivity index (χ0) is 14.0. The molecule has 0 aliphatic carbocycles. The summed E-state index contributed by atoms with van der Waals surface area (Å²) in [4.78, 5) is 3.56. The van der Waals surface area contributed by atoms with E-state index in [4.69, 9.17) is 17.3 Å². The summed E-state index contributed by atoms with van der Waals surface area (Å²) in [5.41, 5.74) is 7.11. The predicted molar refractivity (Wildman–Crippen MR) is 85.0 cm³/mol. The number of halogens is 1. The highest BCUT2D eigenvalue weighted by Gasteiger charge is 2.29. The Morgan fingerprint density at radius 3 is 2.74 bits per heavy atom. The first-order chi connectivity index (χ1) is 9.01. The minimum atomic E-state index is 0.462. The van der Waals surface area contributed by atoms with Crippen LogP contribution in [0.4, 0.5) is 0 Å². The van der Waals surface area contributed by atoms with E-state index in [0.29, 0.717) is 17.2 Å². The molecule has 2 N–H and O–H groups in total. The summed E-state index contributed by atoms with van der Waals surface area (Å²) in [6.45, 7) is 6.23. The molecule has 2 unspecified atom stereocenters. The van der Waals surface area contributed by atoms with Crippen LogP contribution in [0, 0.1) is 5.92 Å². The van der Waals surface area contributed by atoms with E-state index in [2.05, 4.69) is 44.0 Å². The first-order valence-corrected chi connectivity index (χ1v) is 8.13. The SMILES string of the molecule is CC(C)Sc1ccc(C2CC(CN)CN2C)cc1Cl. The van der Waals surface area contributed by atoms with Gasteiger partial charge in [0.15, 0.2) is 0 Å². The molecule has 0 spiro atoms. The first-order valence-electron chi connectivity index (χ1n) is 6.87. The third-order valence-corrected chi connectivity index (χ3v) is 5.18. The van der Waals surface area contributed by atoms with E-state index < -0.39 is 0 Å². The average Bonchev–Trinajstić information content (AvgIpc) is 2.73. The van der Waals surface area contributed by atoms with Crippen LogP contribution in [0.15, 0.2) is 23.1 Å². The van der Waals surface area contributed by atoms with Crippen LogP contribution in [0.3, 0.4) is 0 Å². The summed E-state index contributed by atoms with van der Waals surface area (Å²) >= 11 is 8.22. The molecule has 1 heterocycles. The Hall–Kier alpha value is -0.220. The van der Waals surface area contributed by atoms with E-state index in [-0.39, 0.29) is 0 Å². The molecule has 1 aromatic carbocycles. The fraction of sp³-hybridized carbons (Fsp3) is 0.600. The lowest BCUT2D eigenvalue weighted by Crippen LogP contribution is -2.20. The summed E-state index contributed by atoms with van der Waals surface area (Å²) in [7, 11) is 2.17. The third kappa shape index (κ3) is 3.66. The smallest absolute Gasteiger partial charge is 0.0545 e. The second-order valence-corrected chi connectivity index (χ2v) is 7.67. The van der Waals surface area contributed by atoms with Crippen molar-refractivity contribution in [2.24, 2.45) is 11.7 Å². The van der Waals surface area contributed by atoms with Gasteiger partial charge in [-0.2, -0.15) is 0 Å². The lowest BCUT2D eigenvalue weighted by molar-refractivity contribution is 0.313. The highest BCUT2D eigenvalue weighted by atomic mass is 35.5. The van der Waals surface area contributed by atoms with Crippen molar-refractivity contribution in [3.05, 3.63) is 28.8 Å². The topological polar surface area (TPSA) is 29.3 Å². The number of nitrogens with two attached hydrogens (primary N) is 1. The van der Waals surface area contributed by atoms with Crippen LogP contribution in [-0.4, -0.2) is 30.3 Å². The van der Waals surface area contributed by atoms with Crippen molar-refractivity contribution in [1.29, 1.82) is 0 Å². The Bertz CT molecular complexity index is 436. The van der Waals surface area contributed by atoms with Gasteiger partial charge in [0.25, 0.3) is 0 Å². The molecular weight excluding hydrogens is 276 g/mol. The Morgan fingerprint density at radius 2 is 2.21 bits per heavy atom. The van der Waals surface area contributed by atoms with Gasteiger partial charge < -0.3 is 5.73 Å². The van der Waals surface area contributed by atoms with Crippen molar-refractivity contribution < 1.29 is 0 Å². The van der Waals surface area contributed by atoms with E-state index in [9.17, 15) is 0 Å². The van der Waals surface area contributed by atoms with Gasteiger partial charge in [0, 0.05) is 22.7 Å². The van der Waals surface area contributed by atoms with Crippen LogP contribution >= 0.6 is 23.4 Å². The minimum absolute atomic E-state index is 0.462. The summed E-state index contributed by atoms with van der Waals surface area (Å²) in [6, 6.07) is 6.97. The number of likely N-dealkylation sites (tertiary alicyclic amines) is 1. The second kappa shape index (κ2) is 6.49. The molecule has 4 heteroatoms. The van der Waals surface area contributed by atoms with Crippen LogP contribution in [0.2, 0.25) is 5.02 Å². The Labute approximate surface area is 125 Å². The molecule has 0 saturated carbocycles. The molecule has 19 heavy (non-hydrogen) atoms. The van der Waals surface area contributed by atoms with Crippen LogP contribution < -0.4 is 5.73 Å². The third-order valence-electron chi connectivity index (χ3n) is 3.67. The van der Waals surface area contributed by atoms with Crippen molar-refractivity contribution in [2.45, 2.75) is 36.5 Å². The largest absolute Gasteiger partial charge is 0.330 e. The normalized spacial score (nSPS) is 24.3. The minimum Gasteiger partial charge on any atom is -0.330 e. The van der Waals surface area contributed by atoms with Crippen molar-refractivity contribution in [3.8, 4) is 0 Å². The first kappa shape index (κ1) is 15.2. The summed E-state index contributed by atoms with van der Waals surface area (Å²) < 4.78 is 0. The molecule has 0 radical (unpaired) electrons. The summed E-state index contributed by atoms with van der Waals surface area (Å²) in [5, 5.41) is 1.43. The summed E-state index contributed by atoms with van der Waals surface area (Å²) in [5.74, 6) is 0.610. The van der Waals surface area contributed by atoms with Gasteiger partial charge in [0.2, 0.25) is 0 Å². The van der Waals surface area contributed by atoms with Gasteiger partial charge in [-0.05, 0) is 43.6 Å². The van der Waals surface area contributed by atoms with Crippen molar-refractivity contribution >= 4 is 23.4 Å². The van der Waals surface area contributed by atoms with Gasteiger partial charge in [-0.25, -0.2) is 0 Å². The van der Waals surface area contributed by atoms with Gasteiger partial charge >= 0.3 is 0 Å². The summed E-state index contributed by atoms with van der Waals surface area (Å²) in [6.07, 6.45) is 1.14. The molecule has 1 aromatic rings. The Kier molecular flexibility index (Phi) is 5.18. The van der Waals surface area contributed by atoms with Crippen molar-refractivity contribution in [1.82, 2.24) is 4.90 Å². The highest BCUT2D eigenvalue weighted by molar-refractivity contribution is 8.00. The molecule has 2 nitrogen and oxygen atoms in total. The van der Waals surface area contributed by atoms with Gasteiger partial charge in [0.1, 0.15) is 0 Å². The van der Waals surface area contributed by atoms with Gasteiger partial charge in [-0.15, -0.1) is 11.8 Å². The van der Waals surface area contributed by atoms with E-state index in [1.807, 2.05) is 11.8 Å². The lowest BCUT2D eigenvalue weighted by atomic mass is 10.00. The van der Waals surface area contributed by atoms with E-state index >= 15 is 0 Å². The lowest BCUT2D eigenvalue weighted by Gasteiger charge is -2.20. The average molecular weight is 299 g/mol. The molecule has 2 atom stereocenters. The number of nitrogens with zero attached hydrogens (tertiary/aromatic N) is 1. The van der Waals surface area contributed by atoms with E-state index in [1.165, 1.54) is 10.5 Å². The zero-order valence-electron chi connectivity index (χ0n) is 11.9. The van der Waals surface area contributed by atoms with Crippen LogP contribution in [0.25, 0.3) is 0 Å². The molecule has 1 saturated heterocycles. The van der Waals surface area contributed by atoms with Gasteiger partial charge in [-0.1, -0.05) is 31.5 Å². The number of rotatable bonds is 4. The van der Waals surface area contributed by atoms with E-state index in [1.54, 1.807) is 0 Å². The van der Waals surface area contributed by atoms with Crippen LogP contribution in [0.1, 0.15) is 31.9 Å². The molecule has 1 aliphatic heterocycles. The molecule has 0 aromatic heterocycles. The fourth-order valence-electron chi connectivity index (χ4n) is 2.74. The monoisotopic (exact) mass is 298 g/mol. The molecule has 2 rings (SSSR count). The molecule has 106 valence electrons. The number of hydrogen-bond acceptors (Lipinski definition) is 3. The number of thioether (sulfide) groups is 1.